The Balaban J connectivity index is 1.92. The minimum absolute atomic E-state index is 0.0781. The van der Waals surface area contributed by atoms with Crippen LogP contribution in [-0.2, 0) is 28.3 Å². The summed E-state index contributed by atoms with van der Waals surface area (Å²) in [6.07, 6.45) is 1.94. The van der Waals surface area contributed by atoms with E-state index < -0.39 is 10.0 Å². The topological polar surface area (TPSA) is 62.6 Å². The number of hydrogen-bond acceptors (Lipinski definition) is 3. The Bertz CT molecular complexity index is 686. The Labute approximate surface area is 145 Å². The van der Waals surface area contributed by atoms with Crippen molar-refractivity contribution < 1.29 is 13.2 Å². The number of carbonyl (C=O) groups is 1. The molecular weight excluding hydrogens is 326 g/mol. The van der Waals surface area contributed by atoms with E-state index in [1.807, 2.05) is 27.8 Å². The standard InChI is InChI=1S/C17H29N3O3S/c1-5-6-11-24(22,23)20-9-7-19(8-10-20)17(21)13-16-12-14(2)18(4)15(16)3/h12H,5-11,13H2,1-4H3. The third-order valence-electron chi connectivity index (χ3n) is 4.96. The number of unbranched alkanes of at least 4 members (excludes halogenated alkanes) is 1. The summed E-state index contributed by atoms with van der Waals surface area (Å²) in [7, 11) is -1.17. The van der Waals surface area contributed by atoms with E-state index in [4.69, 9.17) is 0 Å². The Morgan fingerprint density at radius 1 is 1.17 bits per heavy atom. The fourth-order valence-electron chi connectivity index (χ4n) is 3.06. The summed E-state index contributed by atoms with van der Waals surface area (Å²) in [5.74, 6) is 0.286. The van der Waals surface area contributed by atoms with Crippen LogP contribution in [0.2, 0.25) is 0 Å². The van der Waals surface area contributed by atoms with Crippen molar-refractivity contribution in [1.82, 2.24) is 13.8 Å². The van der Waals surface area contributed by atoms with E-state index >= 15 is 0 Å². The molecule has 1 saturated heterocycles. The molecule has 0 spiro atoms. The van der Waals surface area contributed by atoms with Crippen molar-refractivity contribution in [2.24, 2.45) is 7.05 Å². The molecule has 136 valence electrons. The molecule has 1 aromatic rings. The minimum Gasteiger partial charge on any atom is -0.352 e. The summed E-state index contributed by atoms with van der Waals surface area (Å²) >= 11 is 0. The summed E-state index contributed by atoms with van der Waals surface area (Å²) in [5.41, 5.74) is 3.31. The predicted octanol–water partition coefficient (Wildman–Crippen LogP) is 1.46. The van der Waals surface area contributed by atoms with Crippen molar-refractivity contribution in [3.05, 3.63) is 23.0 Å². The molecule has 0 aliphatic carbocycles. The Morgan fingerprint density at radius 3 is 2.29 bits per heavy atom. The number of hydrogen-bond donors (Lipinski definition) is 0. The lowest BCUT2D eigenvalue weighted by Gasteiger charge is -2.34. The van der Waals surface area contributed by atoms with Gasteiger partial charge in [-0.3, -0.25) is 4.79 Å². The third kappa shape index (κ3) is 4.19. The van der Waals surface area contributed by atoms with E-state index in [1.54, 1.807) is 4.90 Å². The first-order valence-electron chi connectivity index (χ1n) is 8.63. The van der Waals surface area contributed by atoms with E-state index in [2.05, 4.69) is 10.6 Å². The first kappa shape index (κ1) is 19.0. The number of nitrogens with zero attached hydrogens (tertiary/aromatic N) is 3. The van der Waals surface area contributed by atoms with Gasteiger partial charge in [-0.05, 0) is 31.9 Å². The highest BCUT2D eigenvalue weighted by Crippen LogP contribution is 2.16. The monoisotopic (exact) mass is 355 g/mol. The molecule has 1 aliphatic rings. The zero-order valence-corrected chi connectivity index (χ0v) is 16.0. The number of amides is 1. The smallest absolute Gasteiger partial charge is 0.227 e. The highest BCUT2D eigenvalue weighted by atomic mass is 32.2. The molecule has 2 rings (SSSR count). The fourth-order valence-corrected chi connectivity index (χ4v) is 4.69. The van der Waals surface area contributed by atoms with E-state index in [9.17, 15) is 13.2 Å². The molecule has 0 aromatic carbocycles. The van der Waals surface area contributed by atoms with Crippen LogP contribution in [0.25, 0.3) is 0 Å². The molecule has 7 heteroatoms. The SMILES string of the molecule is CCCCS(=O)(=O)N1CCN(C(=O)Cc2cc(C)n(C)c2C)CC1. The first-order chi connectivity index (χ1) is 11.3. The van der Waals surface area contributed by atoms with Gasteiger partial charge in [-0.25, -0.2) is 8.42 Å². The molecule has 0 bridgehead atoms. The van der Waals surface area contributed by atoms with Gasteiger partial charge in [-0.2, -0.15) is 4.31 Å². The molecule has 2 heterocycles. The van der Waals surface area contributed by atoms with E-state index in [0.29, 0.717) is 39.0 Å². The molecule has 24 heavy (non-hydrogen) atoms. The highest BCUT2D eigenvalue weighted by molar-refractivity contribution is 7.89. The molecular formula is C17H29N3O3S. The van der Waals surface area contributed by atoms with Crippen LogP contribution in [0.5, 0.6) is 0 Å². The van der Waals surface area contributed by atoms with Crippen molar-refractivity contribution in [3.8, 4) is 0 Å². The van der Waals surface area contributed by atoms with Crippen molar-refractivity contribution in [3.63, 3.8) is 0 Å². The number of piperazine rings is 1. The second-order valence-electron chi connectivity index (χ2n) is 6.58. The largest absolute Gasteiger partial charge is 0.352 e. The number of aryl methyl sites for hydroxylation is 1. The van der Waals surface area contributed by atoms with Gasteiger partial charge in [0.15, 0.2) is 0 Å². The van der Waals surface area contributed by atoms with Crippen LogP contribution >= 0.6 is 0 Å². The quantitative estimate of drug-likeness (QED) is 0.776. The zero-order valence-electron chi connectivity index (χ0n) is 15.2. The molecule has 0 radical (unpaired) electrons. The first-order valence-corrected chi connectivity index (χ1v) is 10.2. The lowest BCUT2D eigenvalue weighted by atomic mass is 10.1. The zero-order chi connectivity index (χ0) is 17.9. The predicted molar refractivity (Wildman–Crippen MR) is 95.4 cm³/mol. The van der Waals surface area contributed by atoms with Crippen LogP contribution in [0.1, 0.15) is 36.7 Å². The van der Waals surface area contributed by atoms with Crippen LogP contribution in [0, 0.1) is 13.8 Å². The molecule has 1 aliphatic heterocycles. The van der Waals surface area contributed by atoms with Gasteiger partial charge in [0.25, 0.3) is 0 Å². The van der Waals surface area contributed by atoms with Gasteiger partial charge >= 0.3 is 0 Å². The minimum atomic E-state index is -3.17. The van der Waals surface area contributed by atoms with Crippen molar-refractivity contribution in [2.75, 3.05) is 31.9 Å². The van der Waals surface area contributed by atoms with Gasteiger partial charge in [-0.1, -0.05) is 13.3 Å². The van der Waals surface area contributed by atoms with E-state index in [0.717, 1.165) is 23.4 Å². The maximum absolute atomic E-state index is 12.5. The molecule has 6 nitrogen and oxygen atoms in total. The summed E-state index contributed by atoms with van der Waals surface area (Å²) in [6, 6.07) is 2.05. The highest BCUT2D eigenvalue weighted by Gasteiger charge is 2.28. The Morgan fingerprint density at radius 2 is 1.79 bits per heavy atom. The van der Waals surface area contributed by atoms with E-state index in [-0.39, 0.29) is 11.7 Å². The van der Waals surface area contributed by atoms with Crippen LogP contribution < -0.4 is 0 Å². The Kier molecular flexibility index (Phi) is 6.09. The lowest BCUT2D eigenvalue weighted by molar-refractivity contribution is -0.131. The van der Waals surface area contributed by atoms with Crippen LogP contribution in [0.3, 0.4) is 0 Å². The number of carbonyl (C=O) groups excluding carboxylic acids is 1. The molecule has 0 N–H and O–H groups in total. The van der Waals surface area contributed by atoms with Gasteiger partial charge in [0.1, 0.15) is 0 Å². The molecule has 1 fully saturated rings. The van der Waals surface area contributed by atoms with Crippen LogP contribution in [0.15, 0.2) is 6.07 Å². The normalized spacial score (nSPS) is 16.6. The summed E-state index contributed by atoms with van der Waals surface area (Å²) < 4.78 is 28.0. The van der Waals surface area contributed by atoms with Crippen molar-refractivity contribution >= 4 is 15.9 Å². The fraction of sp³-hybridized carbons (Fsp3) is 0.706. The van der Waals surface area contributed by atoms with Gasteiger partial charge in [0, 0.05) is 44.6 Å². The van der Waals surface area contributed by atoms with Crippen molar-refractivity contribution in [2.45, 2.75) is 40.0 Å². The average Bonchev–Trinajstić information content (AvgIpc) is 2.80. The van der Waals surface area contributed by atoms with Crippen molar-refractivity contribution in [1.29, 1.82) is 0 Å². The number of rotatable bonds is 6. The maximum Gasteiger partial charge on any atom is 0.227 e. The Hall–Kier alpha value is -1.34. The number of sulfonamides is 1. The van der Waals surface area contributed by atoms with Gasteiger partial charge < -0.3 is 9.47 Å². The van der Waals surface area contributed by atoms with Gasteiger partial charge in [0.2, 0.25) is 15.9 Å². The summed E-state index contributed by atoms with van der Waals surface area (Å²) in [5, 5.41) is 0. The van der Waals surface area contributed by atoms with Gasteiger partial charge in [0.05, 0.1) is 12.2 Å². The summed E-state index contributed by atoms with van der Waals surface area (Å²) in [6.45, 7) is 7.81. The summed E-state index contributed by atoms with van der Waals surface area (Å²) in [4.78, 5) is 14.3. The second kappa shape index (κ2) is 7.70. The third-order valence-corrected chi connectivity index (χ3v) is 6.92. The second-order valence-corrected chi connectivity index (χ2v) is 8.67. The number of aromatic nitrogens is 1. The van der Waals surface area contributed by atoms with E-state index in [1.165, 1.54) is 4.31 Å². The average molecular weight is 356 g/mol. The molecule has 1 amide bonds. The van der Waals surface area contributed by atoms with Crippen LogP contribution in [-0.4, -0.2) is 60.0 Å². The molecule has 0 atom stereocenters. The maximum atomic E-state index is 12.5. The molecule has 0 unspecified atom stereocenters. The molecule has 1 aromatic heterocycles. The lowest BCUT2D eigenvalue weighted by Crippen LogP contribution is -2.51. The van der Waals surface area contributed by atoms with Gasteiger partial charge in [-0.15, -0.1) is 0 Å². The van der Waals surface area contributed by atoms with Crippen LogP contribution in [0.4, 0.5) is 0 Å². The molecule has 0 saturated carbocycles.